The smallest absolute Gasteiger partial charge is 0.146 e. The highest BCUT2D eigenvalue weighted by Gasteiger charge is 2.31. The lowest BCUT2D eigenvalue weighted by Gasteiger charge is -2.37. The van der Waals surface area contributed by atoms with Gasteiger partial charge in [-0.3, -0.25) is 0 Å². The highest BCUT2D eigenvalue weighted by atomic mass is 35.5. The van der Waals surface area contributed by atoms with Gasteiger partial charge in [0.25, 0.3) is 0 Å². The lowest BCUT2D eigenvalue weighted by Crippen LogP contribution is -2.56. The number of rotatable bonds is 18. The Bertz CT molecular complexity index is 1790. The van der Waals surface area contributed by atoms with E-state index in [1.54, 1.807) is 12.1 Å². The third kappa shape index (κ3) is 11.0. The van der Waals surface area contributed by atoms with Crippen molar-refractivity contribution in [3.05, 3.63) is 87.1 Å². The Morgan fingerprint density at radius 3 is 2.06 bits per heavy atom. The fraction of sp³-hybridized carbons (Fsp3) is 0.524. The normalized spacial score (nSPS) is 14.2. The van der Waals surface area contributed by atoms with Crippen LogP contribution >= 0.6 is 23.2 Å². The van der Waals surface area contributed by atoms with E-state index < -0.39 is 11.1 Å². The summed E-state index contributed by atoms with van der Waals surface area (Å²) in [6, 6.07) is 17.9. The molecule has 0 aliphatic carbocycles. The third-order valence-corrected chi connectivity index (χ3v) is 11.0. The zero-order chi connectivity index (χ0) is 38.7. The molecule has 3 heterocycles. The van der Waals surface area contributed by atoms with Gasteiger partial charge in [0, 0.05) is 54.0 Å². The minimum atomic E-state index is -1.03. The molecule has 0 saturated carbocycles. The molecule has 0 saturated heterocycles. The fourth-order valence-corrected chi connectivity index (χ4v) is 7.79. The van der Waals surface area contributed by atoms with Crippen LogP contribution in [0.25, 0.3) is 11.0 Å². The molecule has 2 aliphatic heterocycles. The van der Waals surface area contributed by atoms with Crippen molar-refractivity contribution in [3.63, 3.8) is 0 Å². The van der Waals surface area contributed by atoms with E-state index in [-0.39, 0.29) is 33.0 Å². The first-order valence-corrected chi connectivity index (χ1v) is 20.0. The van der Waals surface area contributed by atoms with Crippen LogP contribution in [0.1, 0.15) is 74.3 Å². The largest absolute Gasteiger partial charge is 0.486 e. The van der Waals surface area contributed by atoms with E-state index in [0.717, 1.165) is 61.2 Å². The van der Waals surface area contributed by atoms with Gasteiger partial charge in [0.2, 0.25) is 0 Å². The summed E-state index contributed by atoms with van der Waals surface area (Å²) in [6.07, 6.45) is 12.2. The molecule has 8 N–H and O–H groups in total. The van der Waals surface area contributed by atoms with Gasteiger partial charge in [-0.1, -0.05) is 74.4 Å². The van der Waals surface area contributed by atoms with E-state index in [1.165, 1.54) is 55.3 Å². The number of ether oxygens (including phenoxy) is 1. The first-order chi connectivity index (χ1) is 26.0. The maximum absolute atomic E-state index is 9.47. The van der Waals surface area contributed by atoms with Crippen molar-refractivity contribution >= 4 is 45.5 Å². The van der Waals surface area contributed by atoms with Crippen molar-refractivity contribution in [2.24, 2.45) is 11.5 Å². The Balaban J connectivity index is 0.000000210. The van der Waals surface area contributed by atoms with Gasteiger partial charge in [-0.2, -0.15) is 0 Å². The van der Waals surface area contributed by atoms with Crippen molar-refractivity contribution in [2.45, 2.75) is 88.8 Å². The number of furan rings is 1. The number of fused-ring (bicyclic) bond motifs is 3. The predicted octanol–water partition coefficient (Wildman–Crippen LogP) is 6.39. The Morgan fingerprint density at radius 2 is 1.37 bits per heavy atom. The average molecular weight is 786 g/mol. The number of anilines is 2. The number of unbranched alkanes of at least 4 members (excludes halogenated alkanes) is 5. The Kier molecular flexibility index (Phi) is 15.3. The van der Waals surface area contributed by atoms with Crippen LogP contribution in [0.3, 0.4) is 0 Å². The molecule has 2 aliphatic rings. The topological polar surface area (TPSA) is 162 Å². The number of hydrogen-bond donors (Lipinski definition) is 6. The molecule has 0 fully saturated rings. The summed E-state index contributed by atoms with van der Waals surface area (Å²) in [4.78, 5) is 4.30. The summed E-state index contributed by atoms with van der Waals surface area (Å²) < 4.78 is 11.7. The van der Waals surface area contributed by atoms with E-state index in [0.29, 0.717) is 34.5 Å². The second-order valence-corrected chi connectivity index (χ2v) is 16.0. The highest BCUT2D eigenvalue weighted by Crippen LogP contribution is 2.34. The van der Waals surface area contributed by atoms with Crippen LogP contribution in [0.15, 0.2) is 59.0 Å². The molecule has 3 aromatic carbocycles. The van der Waals surface area contributed by atoms with Gasteiger partial charge in [0.15, 0.2) is 0 Å². The Hall–Kier alpha value is -3.06. The summed E-state index contributed by atoms with van der Waals surface area (Å²) in [5, 5.41) is 39.7. The van der Waals surface area contributed by atoms with Gasteiger partial charge in [-0.25, -0.2) is 0 Å². The SMILES string of the molecule is CCCCCCCCc1ccc2c(c1)CCCN2CC(N)(CO)CO.NC(CO)(CO)CN1CCc2cc(OCc3cc4c(Cl)cc(Cl)cc4o3)ccc21. The third-order valence-electron chi connectivity index (χ3n) is 10.5. The molecule has 0 radical (unpaired) electrons. The fourth-order valence-electron chi connectivity index (χ4n) is 7.26. The van der Waals surface area contributed by atoms with Gasteiger partial charge >= 0.3 is 0 Å². The monoisotopic (exact) mass is 784 g/mol. The summed E-state index contributed by atoms with van der Waals surface area (Å²) in [5.74, 6) is 1.39. The van der Waals surface area contributed by atoms with E-state index in [1.807, 2.05) is 24.3 Å². The van der Waals surface area contributed by atoms with Crippen LogP contribution in [0.4, 0.5) is 11.4 Å². The van der Waals surface area contributed by atoms with Crippen molar-refractivity contribution < 1.29 is 29.6 Å². The molecule has 1 aromatic heterocycles. The summed E-state index contributed by atoms with van der Waals surface area (Å²) in [7, 11) is 0. The first-order valence-electron chi connectivity index (χ1n) is 19.3. The molecule has 0 bridgehead atoms. The lowest BCUT2D eigenvalue weighted by molar-refractivity contribution is 0.124. The minimum absolute atomic E-state index is 0.203. The second-order valence-electron chi connectivity index (χ2n) is 15.1. The molecule has 10 nitrogen and oxygen atoms in total. The molecular weight excluding hydrogens is 727 g/mol. The van der Waals surface area contributed by atoms with Crippen LogP contribution in [0.5, 0.6) is 5.75 Å². The van der Waals surface area contributed by atoms with Gasteiger partial charge in [0.05, 0.1) is 42.5 Å². The summed E-state index contributed by atoms with van der Waals surface area (Å²) in [5.41, 5.74) is 17.0. The summed E-state index contributed by atoms with van der Waals surface area (Å²) >= 11 is 12.2. The van der Waals surface area contributed by atoms with Crippen LogP contribution in [-0.4, -0.2) is 84.1 Å². The number of benzene rings is 3. The predicted molar refractivity (Wildman–Crippen MR) is 219 cm³/mol. The number of halogens is 2. The quantitative estimate of drug-likeness (QED) is 0.0624. The highest BCUT2D eigenvalue weighted by molar-refractivity contribution is 6.38. The second kappa shape index (κ2) is 19.7. The molecular formula is C42H58Cl2N4O6. The summed E-state index contributed by atoms with van der Waals surface area (Å²) in [6.45, 7) is 4.16. The maximum atomic E-state index is 9.47. The van der Waals surface area contributed by atoms with Gasteiger partial charge in [-0.15, -0.1) is 0 Å². The molecule has 0 atom stereocenters. The minimum Gasteiger partial charge on any atom is -0.486 e. The molecule has 4 aromatic rings. The van der Waals surface area contributed by atoms with E-state index in [4.69, 9.17) is 43.8 Å². The number of aliphatic hydroxyl groups is 4. The number of nitrogens with two attached hydrogens (primary N) is 2. The van der Waals surface area contributed by atoms with E-state index >= 15 is 0 Å². The average Bonchev–Trinajstić information content (AvgIpc) is 3.79. The van der Waals surface area contributed by atoms with Crippen molar-refractivity contribution in [3.8, 4) is 5.75 Å². The number of aryl methyl sites for hydroxylation is 2. The standard InChI is InChI=1S/C21H22Cl2N2O4.C21H36N2O2/c22-14-6-18(23)17-8-16(29-20(17)7-14)9-28-15-1-2-19-13(5-15)3-4-25(19)10-21(24,11-26)12-27;1-2-3-4-5-6-7-9-18-11-12-20-19(14-18)10-8-13-23(20)15-21(22,16-24)17-25/h1-2,5-8,26-27H,3-4,9-12,24H2;11-12,14,24-25H,2-10,13,15-17,22H2,1H3. The molecule has 0 spiro atoms. The molecule has 54 heavy (non-hydrogen) atoms. The molecule has 12 heteroatoms. The van der Waals surface area contributed by atoms with Crippen LogP contribution in [-0.2, 0) is 25.9 Å². The van der Waals surface area contributed by atoms with Crippen LogP contribution in [0.2, 0.25) is 10.0 Å². The zero-order valence-electron chi connectivity index (χ0n) is 31.5. The molecule has 296 valence electrons. The van der Waals surface area contributed by atoms with Gasteiger partial charge in [0.1, 0.15) is 23.7 Å². The van der Waals surface area contributed by atoms with Crippen LogP contribution < -0.4 is 26.0 Å². The number of hydrogen-bond acceptors (Lipinski definition) is 10. The molecule has 6 rings (SSSR count). The zero-order valence-corrected chi connectivity index (χ0v) is 33.1. The molecule has 0 amide bonds. The Labute approximate surface area is 329 Å². The van der Waals surface area contributed by atoms with E-state index in [2.05, 4.69) is 34.9 Å². The number of aliphatic hydroxyl groups excluding tert-OH is 4. The van der Waals surface area contributed by atoms with Crippen LogP contribution in [0, 0.1) is 0 Å². The molecule has 0 unspecified atom stereocenters. The van der Waals surface area contributed by atoms with Crippen molar-refractivity contribution in [1.82, 2.24) is 0 Å². The first kappa shape index (κ1) is 42.1. The number of nitrogens with zero attached hydrogens (tertiary/aromatic N) is 2. The van der Waals surface area contributed by atoms with E-state index in [9.17, 15) is 20.4 Å². The maximum Gasteiger partial charge on any atom is 0.146 e. The van der Waals surface area contributed by atoms with Gasteiger partial charge < -0.3 is 50.8 Å². The lowest BCUT2D eigenvalue weighted by atomic mass is 9.94. The van der Waals surface area contributed by atoms with Crippen molar-refractivity contribution in [1.29, 1.82) is 0 Å². The van der Waals surface area contributed by atoms with Crippen molar-refractivity contribution in [2.75, 3.05) is 62.4 Å². The Morgan fingerprint density at radius 1 is 0.741 bits per heavy atom. The van der Waals surface area contributed by atoms with Gasteiger partial charge in [-0.05, 0) is 85.2 Å².